The van der Waals surface area contributed by atoms with Crippen LogP contribution in [0.5, 0.6) is 0 Å². The molecule has 0 unspecified atom stereocenters. The molecule has 0 amide bonds. The molecule has 1 aliphatic carbocycles. The van der Waals surface area contributed by atoms with E-state index in [0.717, 1.165) is 19.3 Å². The Morgan fingerprint density at radius 1 is 1.39 bits per heavy atom. The molecule has 102 valence electrons. The standard InChI is InChI=1S/C15H24O3/c1-3-10-18-15(16)14(12-17-4-2)11-13-8-6-5-7-9-13/h8,11H,3-7,9-10,12H2,1-2H3. The Morgan fingerprint density at radius 3 is 2.83 bits per heavy atom. The number of rotatable bonds is 7. The van der Waals surface area contributed by atoms with Gasteiger partial charge in [-0.15, -0.1) is 0 Å². The SMILES string of the molecule is CCCOC(=O)C(=CC1=CCCCC1)COCC. The molecule has 1 rings (SSSR count). The quantitative estimate of drug-likeness (QED) is 0.514. The van der Waals surface area contributed by atoms with Gasteiger partial charge in [0.1, 0.15) is 0 Å². The molecule has 0 aliphatic heterocycles. The summed E-state index contributed by atoms with van der Waals surface area (Å²) >= 11 is 0. The van der Waals surface area contributed by atoms with Crippen molar-refractivity contribution in [2.75, 3.05) is 19.8 Å². The van der Waals surface area contributed by atoms with Gasteiger partial charge in [0.25, 0.3) is 0 Å². The molecule has 0 fully saturated rings. The average Bonchev–Trinajstić information content (AvgIpc) is 2.42. The molecule has 0 heterocycles. The van der Waals surface area contributed by atoms with Gasteiger partial charge < -0.3 is 9.47 Å². The summed E-state index contributed by atoms with van der Waals surface area (Å²) < 4.78 is 10.5. The summed E-state index contributed by atoms with van der Waals surface area (Å²) in [5, 5.41) is 0. The molecule has 0 saturated heterocycles. The largest absolute Gasteiger partial charge is 0.462 e. The van der Waals surface area contributed by atoms with Crippen LogP contribution in [0.1, 0.15) is 46.0 Å². The fourth-order valence-corrected chi connectivity index (χ4v) is 1.88. The number of hydrogen-bond acceptors (Lipinski definition) is 3. The van der Waals surface area contributed by atoms with E-state index in [4.69, 9.17) is 9.47 Å². The van der Waals surface area contributed by atoms with Crippen LogP contribution in [0.3, 0.4) is 0 Å². The van der Waals surface area contributed by atoms with Crippen LogP contribution in [0.2, 0.25) is 0 Å². The molecule has 0 aromatic heterocycles. The van der Waals surface area contributed by atoms with E-state index in [2.05, 4.69) is 6.08 Å². The summed E-state index contributed by atoms with van der Waals surface area (Å²) in [7, 11) is 0. The molecule has 0 saturated carbocycles. The van der Waals surface area contributed by atoms with Crippen LogP contribution in [0.25, 0.3) is 0 Å². The third kappa shape index (κ3) is 5.50. The molecule has 0 bridgehead atoms. The maximum absolute atomic E-state index is 11.9. The van der Waals surface area contributed by atoms with Gasteiger partial charge >= 0.3 is 5.97 Å². The number of esters is 1. The van der Waals surface area contributed by atoms with Gasteiger partial charge in [-0.25, -0.2) is 4.79 Å². The van der Waals surface area contributed by atoms with Crippen LogP contribution in [0.15, 0.2) is 23.3 Å². The highest BCUT2D eigenvalue weighted by Crippen LogP contribution is 2.20. The minimum atomic E-state index is -0.239. The second kappa shape index (κ2) is 8.92. The maximum Gasteiger partial charge on any atom is 0.336 e. The first-order valence-electron chi connectivity index (χ1n) is 6.92. The summed E-state index contributed by atoms with van der Waals surface area (Å²) in [6, 6.07) is 0. The number of allylic oxidation sites excluding steroid dienone is 3. The van der Waals surface area contributed by atoms with Crippen LogP contribution in [0, 0.1) is 0 Å². The molecule has 0 radical (unpaired) electrons. The van der Waals surface area contributed by atoms with Crippen LogP contribution in [-0.2, 0) is 14.3 Å². The highest BCUT2D eigenvalue weighted by atomic mass is 16.5. The zero-order chi connectivity index (χ0) is 13.2. The van der Waals surface area contributed by atoms with E-state index in [9.17, 15) is 4.79 Å². The first-order valence-corrected chi connectivity index (χ1v) is 6.92. The second-order valence-corrected chi connectivity index (χ2v) is 4.47. The minimum Gasteiger partial charge on any atom is -0.462 e. The fraction of sp³-hybridized carbons (Fsp3) is 0.667. The lowest BCUT2D eigenvalue weighted by Crippen LogP contribution is -2.14. The molecule has 18 heavy (non-hydrogen) atoms. The Hall–Kier alpha value is -1.09. The highest BCUT2D eigenvalue weighted by molar-refractivity contribution is 5.89. The van der Waals surface area contributed by atoms with Gasteiger partial charge in [-0.1, -0.05) is 18.6 Å². The third-order valence-electron chi connectivity index (χ3n) is 2.85. The number of carbonyl (C=O) groups excluding carboxylic acids is 1. The monoisotopic (exact) mass is 252 g/mol. The maximum atomic E-state index is 11.9. The Labute approximate surface area is 110 Å². The lowest BCUT2D eigenvalue weighted by molar-refractivity contribution is -0.139. The molecule has 3 heteroatoms. The normalized spacial score (nSPS) is 16.3. The van der Waals surface area contributed by atoms with E-state index in [1.807, 2.05) is 19.9 Å². The summed E-state index contributed by atoms with van der Waals surface area (Å²) in [5.41, 5.74) is 1.88. The van der Waals surface area contributed by atoms with Crippen LogP contribution >= 0.6 is 0 Å². The fourth-order valence-electron chi connectivity index (χ4n) is 1.88. The van der Waals surface area contributed by atoms with Gasteiger partial charge in [0.05, 0.1) is 18.8 Å². The van der Waals surface area contributed by atoms with Crippen molar-refractivity contribution in [3.63, 3.8) is 0 Å². The van der Waals surface area contributed by atoms with Gasteiger partial charge in [-0.2, -0.15) is 0 Å². The second-order valence-electron chi connectivity index (χ2n) is 4.47. The summed E-state index contributed by atoms with van der Waals surface area (Å²) in [4.78, 5) is 11.9. The number of ether oxygens (including phenoxy) is 2. The molecule has 0 N–H and O–H groups in total. The average molecular weight is 252 g/mol. The lowest BCUT2D eigenvalue weighted by atomic mass is 9.98. The van der Waals surface area contributed by atoms with E-state index in [0.29, 0.717) is 25.4 Å². The Bertz CT molecular complexity index is 316. The smallest absolute Gasteiger partial charge is 0.336 e. The third-order valence-corrected chi connectivity index (χ3v) is 2.85. The van der Waals surface area contributed by atoms with Crippen LogP contribution < -0.4 is 0 Å². The van der Waals surface area contributed by atoms with Crippen molar-refractivity contribution < 1.29 is 14.3 Å². The van der Waals surface area contributed by atoms with Crippen molar-refractivity contribution in [3.05, 3.63) is 23.3 Å². The van der Waals surface area contributed by atoms with E-state index >= 15 is 0 Å². The van der Waals surface area contributed by atoms with E-state index in [1.54, 1.807) is 0 Å². The summed E-state index contributed by atoms with van der Waals surface area (Å²) in [5.74, 6) is -0.239. The molecular formula is C15H24O3. The Balaban J connectivity index is 2.66. The predicted molar refractivity (Wildman–Crippen MR) is 72.4 cm³/mol. The molecule has 1 aliphatic rings. The zero-order valence-electron chi connectivity index (χ0n) is 11.5. The van der Waals surface area contributed by atoms with E-state index in [1.165, 1.54) is 18.4 Å². The summed E-state index contributed by atoms with van der Waals surface area (Å²) in [6.45, 7) is 5.34. The van der Waals surface area contributed by atoms with Gasteiger partial charge in [0, 0.05) is 6.61 Å². The van der Waals surface area contributed by atoms with E-state index in [-0.39, 0.29) is 5.97 Å². The molecule has 0 aromatic carbocycles. The summed E-state index contributed by atoms with van der Waals surface area (Å²) in [6.07, 6.45) is 9.62. The lowest BCUT2D eigenvalue weighted by Gasteiger charge is -2.12. The highest BCUT2D eigenvalue weighted by Gasteiger charge is 2.12. The topological polar surface area (TPSA) is 35.5 Å². The van der Waals surface area contributed by atoms with Gasteiger partial charge in [-0.3, -0.25) is 0 Å². The van der Waals surface area contributed by atoms with Gasteiger partial charge in [0.2, 0.25) is 0 Å². The number of hydrogen-bond donors (Lipinski definition) is 0. The molecule has 0 atom stereocenters. The minimum absolute atomic E-state index is 0.239. The molecule has 0 spiro atoms. The van der Waals surface area contributed by atoms with Crippen molar-refractivity contribution in [1.82, 2.24) is 0 Å². The molecule has 3 nitrogen and oxygen atoms in total. The molecular weight excluding hydrogens is 228 g/mol. The van der Waals surface area contributed by atoms with Crippen molar-refractivity contribution in [2.24, 2.45) is 0 Å². The van der Waals surface area contributed by atoms with Crippen molar-refractivity contribution in [3.8, 4) is 0 Å². The van der Waals surface area contributed by atoms with Crippen molar-refractivity contribution in [1.29, 1.82) is 0 Å². The zero-order valence-corrected chi connectivity index (χ0v) is 11.5. The number of carbonyl (C=O) groups is 1. The Kier molecular flexibility index (Phi) is 7.42. The Morgan fingerprint density at radius 2 is 2.22 bits per heavy atom. The molecule has 0 aromatic rings. The first kappa shape index (κ1) is 15.0. The van der Waals surface area contributed by atoms with Gasteiger partial charge in [0.15, 0.2) is 0 Å². The predicted octanol–water partition coefficient (Wildman–Crippen LogP) is 3.40. The van der Waals surface area contributed by atoms with E-state index < -0.39 is 0 Å². The first-order chi connectivity index (χ1) is 8.77. The van der Waals surface area contributed by atoms with Crippen LogP contribution in [0.4, 0.5) is 0 Å². The van der Waals surface area contributed by atoms with Crippen molar-refractivity contribution >= 4 is 5.97 Å². The van der Waals surface area contributed by atoms with Gasteiger partial charge in [-0.05, 0) is 45.1 Å². The van der Waals surface area contributed by atoms with Crippen molar-refractivity contribution in [2.45, 2.75) is 46.0 Å². The van der Waals surface area contributed by atoms with Crippen LogP contribution in [-0.4, -0.2) is 25.8 Å².